The lowest BCUT2D eigenvalue weighted by Gasteiger charge is -2.14. The molecule has 1 aliphatic heterocycles. The van der Waals surface area contributed by atoms with Crippen LogP contribution in [-0.2, 0) is 20.9 Å². The highest BCUT2D eigenvalue weighted by atomic mass is 16.5. The lowest BCUT2D eigenvalue weighted by Crippen LogP contribution is -2.35. The van der Waals surface area contributed by atoms with E-state index in [-0.39, 0.29) is 18.5 Å². The van der Waals surface area contributed by atoms with Crippen LogP contribution < -0.4 is 10.6 Å². The van der Waals surface area contributed by atoms with Crippen LogP contribution in [0.15, 0.2) is 24.3 Å². The largest absolute Gasteiger partial charge is 0.479 e. The third kappa shape index (κ3) is 4.69. The van der Waals surface area contributed by atoms with E-state index in [1.165, 1.54) is 4.90 Å². The molecule has 1 fully saturated rings. The minimum absolute atomic E-state index is 0.241. The maximum absolute atomic E-state index is 12.0. The fourth-order valence-electron chi connectivity index (χ4n) is 2.31. The fraction of sp³-hybridized carbons (Fsp3) is 0.438. The molecule has 3 N–H and O–H groups in total. The summed E-state index contributed by atoms with van der Waals surface area (Å²) in [6.45, 7) is 0.266. The minimum atomic E-state index is -1.05. The Bertz CT molecular complexity index is 632. The molecule has 1 saturated heterocycles. The molecule has 8 nitrogen and oxygen atoms in total. The van der Waals surface area contributed by atoms with E-state index in [0.29, 0.717) is 18.5 Å². The summed E-state index contributed by atoms with van der Waals surface area (Å²) in [5.74, 6) is -1.38. The van der Waals surface area contributed by atoms with E-state index >= 15 is 0 Å². The van der Waals surface area contributed by atoms with Crippen molar-refractivity contribution in [3.05, 3.63) is 29.8 Å². The Balaban J connectivity index is 1.87. The van der Waals surface area contributed by atoms with Gasteiger partial charge >= 0.3 is 12.0 Å². The number of anilines is 1. The summed E-state index contributed by atoms with van der Waals surface area (Å²) in [6.07, 6.45) is -0.922. The number of nitrogens with one attached hydrogen (secondary N) is 2. The van der Waals surface area contributed by atoms with Crippen molar-refractivity contribution in [3.8, 4) is 0 Å². The fourth-order valence-corrected chi connectivity index (χ4v) is 2.31. The van der Waals surface area contributed by atoms with Gasteiger partial charge in [0.05, 0.1) is 0 Å². The summed E-state index contributed by atoms with van der Waals surface area (Å²) in [7, 11) is 3.29. The molecule has 3 amide bonds. The molecular formula is C16H21N3O5. The van der Waals surface area contributed by atoms with Gasteiger partial charge in [0, 0.05) is 26.3 Å². The third-order valence-electron chi connectivity index (χ3n) is 3.64. The quantitative estimate of drug-likeness (QED) is 0.745. The Morgan fingerprint density at radius 3 is 2.58 bits per heavy atom. The lowest BCUT2D eigenvalue weighted by atomic mass is 10.1. The van der Waals surface area contributed by atoms with Crippen molar-refractivity contribution in [3.63, 3.8) is 0 Å². The van der Waals surface area contributed by atoms with E-state index in [1.807, 2.05) is 6.07 Å². The van der Waals surface area contributed by atoms with Gasteiger partial charge in [-0.05, 0) is 30.5 Å². The second-order valence-electron chi connectivity index (χ2n) is 5.77. The van der Waals surface area contributed by atoms with Gasteiger partial charge in [0.1, 0.15) is 6.10 Å². The summed E-state index contributed by atoms with van der Waals surface area (Å²) in [4.78, 5) is 35.9. The average Bonchev–Trinajstić information content (AvgIpc) is 3.03. The monoisotopic (exact) mass is 335 g/mol. The highest BCUT2D eigenvalue weighted by molar-refractivity contribution is 5.89. The second kappa shape index (κ2) is 7.78. The molecule has 2 rings (SSSR count). The number of aliphatic carboxylic acids is 1. The van der Waals surface area contributed by atoms with Crippen molar-refractivity contribution < 1.29 is 24.2 Å². The summed E-state index contributed by atoms with van der Waals surface area (Å²) >= 11 is 0. The molecule has 1 heterocycles. The highest BCUT2D eigenvalue weighted by Gasteiger charge is 2.34. The van der Waals surface area contributed by atoms with E-state index in [4.69, 9.17) is 9.84 Å². The number of nitrogens with zero attached hydrogens (tertiary/aromatic N) is 1. The number of hydrogen-bond acceptors (Lipinski definition) is 4. The molecule has 1 aromatic rings. The Kier molecular flexibility index (Phi) is 5.75. The van der Waals surface area contributed by atoms with Crippen molar-refractivity contribution >= 4 is 23.6 Å². The van der Waals surface area contributed by atoms with E-state index in [1.54, 1.807) is 32.3 Å². The van der Waals surface area contributed by atoms with Crippen LogP contribution in [0.1, 0.15) is 18.4 Å². The Labute approximate surface area is 139 Å². The summed E-state index contributed by atoms with van der Waals surface area (Å²) < 4.78 is 5.20. The highest BCUT2D eigenvalue weighted by Crippen LogP contribution is 2.20. The van der Waals surface area contributed by atoms with E-state index in [9.17, 15) is 14.4 Å². The number of rotatable bonds is 5. The number of carboxylic acid groups (broad SMARTS) is 1. The normalized spacial score (nSPS) is 19.6. The van der Waals surface area contributed by atoms with Crippen LogP contribution in [0.5, 0.6) is 0 Å². The van der Waals surface area contributed by atoms with E-state index in [2.05, 4.69) is 10.6 Å². The average molecular weight is 335 g/mol. The van der Waals surface area contributed by atoms with Crippen LogP contribution in [0.4, 0.5) is 10.5 Å². The predicted octanol–water partition coefficient (Wildman–Crippen LogP) is 1.03. The first-order valence-corrected chi connectivity index (χ1v) is 7.60. The molecule has 0 aromatic heterocycles. The van der Waals surface area contributed by atoms with Crippen molar-refractivity contribution in [2.75, 3.05) is 19.4 Å². The summed E-state index contributed by atoms with van der Waals surface area (Å²) in [5.41, 5.74) is 1.44. The molecule has 0 saturated carbocycles. The lowest BCUT2D eigenvalue weighted by molar-refractivity contribution is -0.151. The van der Waals surface area contributed by atoms with Crippen molar-refractivity contribution in [1.29, 1.82) is 0 Å². The van der Waals surface area contributed by atoms with Gasteiger partial charge in [-0.3, -0.25) is 4.79 Å². The first-order chi connectivity index (χ1) is 11.4. The van der Waals surface area contributed by atoms with Crippen LogP contribution in [0, 0.1) is 0 Å². The van der Waals surface area contributed by atoms with Gasteiger partial charge in [-0.2, -0.15) is 0 Å². The molecule has 0 unspecified atom stereocenters. The van der Waals surface area contributed by atoms with E-state index in [0.717, 1.165) is 5.56 Å². The number of benzene rings is 1. The maximum atomic E-state index is 12.0. The molecule has 0 radical (unpaired) electrons. The van der Waals surface area contributed by atoms with Gasteiger partial charge in [-0.25, -0.2) is 9.59 Å². The molecule has 2 atom stereocenters. The molecule has 0 bridgehead atoms. The first-order valence-electron chi connectivity index (χ1n) is 7.60. The van der Waals surface area contributed by atoms with Gasteiger partial charge in [-0.1, -0.05) is 12.1 Å². The Morgan fingerprint density at radius 1 is 1.25 bits per heavy atom. The summed E-state index contributed by atoms with van der Waals surface area (Å²) in [5, 5.41) is 14.3. The number of carboxylic acids is 1. The third-order valence-corrected chi connectivity index (χ3v) is 3.64. The number of hydrogen-bond donors (Lipinski definition) is 3. The summed E-state index contributed by atoms with van der Waals surface area (Å²) in [6, 6.07) is 6.87. The van der Waals surface area contributed by atoms with Gasteiger partial charge < -0.3 is 25.4 Å². The van der Waals surface area contributed by atoms with Crippen molar-refractivity contribution in [1.82, 2.24) is 10.2 Å². The molecular weight excluding hydrogens is 314 g/mol. The Hall–Kier alpha value is -2.61. The van der Waals surface area contributed by atoms with Crippen LogP contribution in [-0.4, -0.2) is 54.2 Å². The SMILES string of the molecule is CN(C)C(=O)Nc1cccc(CNC(=O)[C@@H]2CC[C@H](C(=O)O)O2)c1. The molecule has 130 valence electrons. The number of ether oxygens (including phenoxy) is 1. The van der Waals surface area contributed by atoms with Crippen LogP contribution in [0.25, 0.3) is 0 Å². The minimum Gasteiger partial charge on any atom is -0.479 e. The van der Waals surface area contributed by atoms with Crippen LogP contribution in [0.3, 0.4) is 0 Å². The standard InChI is InChI=1S/C16H21N3O5/c1-19(2)16(23)18-11-5-3-4-10(8-11)9-17-14(20)12-6-7-13(24-12)15(21)22/h3-5,8,12-13H,6-7,9H2,1-2H3,(H,17,20)(H,18,23)(H,21,22)/t12-,13+/m0/s1. The number of carbonyl (C=O) groups is 3. The van der Waals surface area contributed by atoms with E-state index < -0.39 is 18.2 Å². The second-order valence-corrected chi connectivity index (χ2v) is 5.77. The molecule has 1 aromatic carbocycles. The topological polar surface area (TPSA) is 108 Å². The number of urea groups is 1. The number of amides is 3. The first kappa shape index (κ1) is 17.7. The zero-order chi connectivity index (χ0) is 17.7. The van der Waals surface area contributed by atoms with Crippen molar-refractivity contribution in [2.24, 2.45) is 0 Å². The van der Waals surface area contributed by atoms with Crippen LogP contribution >= 0.6 is 0 Å². The van der Waals surface area contributed by atoms with Crippen LogP contribution in [0.2, 0.25) is 0 Å². The number of carbonyl (C=O) groups excluding carboxylic acids is 2. The zero-order valence-electron chi connectivity index (χ0n) is 13.6. The maximum Gasteiger partial charge on any atom is 0.332 e. The zero-order valence-corrected chi connectivity index (χ0v) is 13.6. The molecule has 0 spiro atoms. The predicted molar refractivity (Wildman–Crippen MR) is 86.5 cm³/mol. The van der Waals surface area contributed by atoms with Gasteiger partial charge in [0.2, 0.25) is 5.91 Å². The molecule has 8 heteroatoms. The van der Waals surface area contributed by atoms with Gasteiger partial charge in [0.25, 0.3) is 0 Å². The van der Waals surface area contributed by atoms with Gasteiger partial charge in [0.15, 0.2) is 6.10 Å². The van der Waals surface area contributed by atoms with Crippen molar-refractivity contribution in [2.45, 2.75) is 31.6 Å². The smallest absolute Gasteiger partial charge is 0.332 e. The molecule has 1 aliphatic rings. The Morgan fingerprint density at radius 2 is 1.96 bits per heavy atom. The van der Waals surface area contributed by atoms with Gasteiger partial charge in [-0.15, -0.1) is 0 Å². The molecule has 0 aliphatic carbocycles. The molecule has 24 heavy (non-hydrogen) atoms.